The molecule has 51 heavy (non-hydrogen) atoms. The van der Waals surface area contributed by atoms with Gasteiger partial charge in [0.25, 0.3) is 0 Å². The van der Waals surface area contributed by atoms with Crippen molar-refractivity contribution in [3.05, 3.63) is 152 Å². The van der Waals surface area contributed by atoms with Gasteiger partial charge in [0, 0.05) is 57.4 Å². The van der Waals surface area contributed by atoms with Crippen LogP contribution in [0, 0.1) is 0 Å². The highest BCUT2D eigenvalue weighted by Gasteiger charge is 2.24. The van der Waals surface area contributed by atoms with E-state index in [2.05, 4.69) is 156 Å². The van der Waals surface area contributed by atoms with Crippen LogP contribution in [0.15, 0.2) is 152 Å². The molecular weight excluding hydrogens is 659 g/mol. The summed E-state index contributed by atoms with van der Waals surface area (Å²) in [4.78, 5) is 11.1. The van der Waals surface area contributed by atoms with Crippen LogP contribution in [0.1, 0.15) is 0 Å². The summed E-state index contributed by atoms with van der Waals surface area (Å²) < 4.78 is 7.29. The second-order valence-electron chi connectivity index (χ2n) is 13.3. The first-order valence-corrected chi connectivity index (χ1v) is 18.8. The molecule has 0 spiro atoms. The fourth-order valence-electron chi connectivity index (χ4n) is 8.36. The third kappa shape index (κ3) is 3.77. The lowest BCUT2D eigenvalue weighted by Crippen LogP contribution is -2.03. The highest BCUT2D eigenvalue weighted by atomic mass is 32.1. The lowest BCUT2D eigenvalue weighted by molar-refractivity contribution is 1.02. The minimum Gasteiger partial charge on any atom is -0.277 e. The summed E-state index contributed by atoms with van der Waals surface area (Å²) in [5.41, 5.74) is 5.30. The molecule has 8 aromatic carbocycles. The van der Waals surface area contributed by atoms with Crippen molar-refractivity contribution in [2.45, 2.75) is 0 Å². The van der Waals surface area contributed by atoms with Crippen molar-refractivity contribution in [3.63, 3.8) is 0 Å². The first-order valence-electron chi connectivity index (χ1n) is 17.2. The zero-order valence-electron chi connectivity index (χ0n) is 27.1. The van der Waals surface area contributed by atoms with E-state index >= 15 is 0 Å². The van der Waals surface area contributed by atoms with E-state index in [-0.39, 0.29) is 0 Å². The predicted octanol–water partition coefficient (Wildman–Crippen LogP) is 13.4. The minimum absolute atomic E-state index is 0.690. The predicted molar refractivity (Wildman–Crippen MR) is 220 cm³/mol. The molecule has 0 saturated carbocycles. The van der Waals surface area contributed by atoms with Crippen molar-refractivity contribution in [1.82, 2.24) is 14.5 Å². The standard InChI is InChI=1S/C46H25N3S2/c1-2-12-29-26(11-1)21-22-27-25-28(23-24-30(27)29)41-45-42(35-17-7-10-20-38(35)51-45)48-46(47-41)49-36-18-8-5-15-33(36)39-40-34-16-6-9-19-37(34)50-44(40)32-14-4-3-13-31(32)43(39)49/h1-25H. The number of nitrogens with zero attached hydrogens (tertiary/aromatic N) is 3. The van der Waals surface area contributed by atoms with Gasteiger partial charge in [-0.3, -0.25) is 4.57 Å². The van der Waals surface area contributed by atoms with Gasteiger partial charge in [0.15, 0.2) is 0 Å². The SMILES string of the molecule is c1ccc2c(c1)ccc1cc(-c3nc(-n4c5ccccc5c5c6c7ccccc7sc6c6ccccc6c54)nc4c3sc3ccccc34)ccc12. The molecular formula is C46H25N3S2. The Balaban J connectivity index is 1.25. The molecule has 4 heterocycles. The van der Waals surface area contributed by atoms with Gasteiger partial charge in [0.1, 0.15) is 0 Å². The maximum Gasteiger partial charge on any atom is 0.235 e. The monoisotopic (exact) mass is 683 g/mol. The average molecular weight is 684 g/mol. The molecule has 0 atom stereocenters. The molecule has 0 unspecified atom stereocenters. The Morgan fingerprint density at radius 3 is 1.92 bits per heavy atom. The Morgan fingerprint density at radius 2 is 1.06 bits per heavy atom. The van der Waals surface area contributed by atoms with Gasteiger partial charge >= 0.3 is 0 Å². The third-order valence-corrected chi connectivity index (χ3v) is 12.9. The van der Waals surface area contributed by atoms with E-state index in [1.807, 2.05) is 11.3 Å². The first kappa shape index (κ1) is 27.7. The molecule has 3 nitrogen and oxygen atoms in total. The lowest BCUT2D eigenvalue weighted by atomic mass is 9.99. The van der Waals surface area contributed by atoms with Crippen molar-refractivity contribution in [1.29, 1.82) is 0 Å². The highest BCUT2D eigenvalue weighted by molar-refractivity contribution is 7.27. The molecule has 0 amide bonds. The number of para-hydroxylation sites is 1. The summed E-state index contributed by atoms with van der Waals surface area (Å²) >= 11 is 3.66. The molecule has 0 aliphatic rings. The molecule has 0 aliphatic carbocycles. The minimum atomic E-state index is 0.690. The summed E-state index contributed by atoms with van der Waals surface area (Å²) in [7, 11) is 0. The van der Waals surface area contributed by atoms with Crippen molar-refractivity contribution in [3.8, 4) is 17.2 Å². The van der Waals surface area contributed by atoms with Gasteiger partial charge in [0.05, 0.1) is 26.9 Å². The Bertz CT molecular complexity index is 3440. The van der Waals surface area contributed by atoms with Gasteiger partial charge in [-0.1, -0.05) is 127 Å². The second-order valence-corrected chi connectivity index (χ2v) is 15.4. The zero-order chi connectivity index (χ0) is 33.2. The van der Waals surface area contributed by atoms with E-state index in [0.717, 1.165) is 37.9 Å². The topological polar surface area (TPSA) is 30.7 Å². The smallest absolute Gasteiger partial charge is 0.235 e. The van der Waals surface area contributed by atoms with Gasteiger partial charge < -0.3 is 0 Å². The third-order valence-electron chi connectivity index (χ3n) is 10.6. The van der Waals surface area contributed by atoms with Gasteiger partial charge in [0.2, 0.25) is 5.95 Å². The molecule has 12 aromatic rings. The van der Waals surface area contributed by atoms with Crippen LogP contribution in [0.3, 0.4) is 0 Å². The number of benzene rings is 8. The van der Waals surface area contributed by atoms with E-state index in [4.69, 9.17) is 9.97 Å². The lowest BCUT2D eigenvalue weighted by Gasteiger charge is -2.12. The van der Waals surface area contributed by atoms with Crippen LogP contribution < -0.4 is 0 Å². The van der Waals surface area contributed by atoms with E-state index < -0.39 is 0 Å². The average Bonchev–Trinajstić information content (AvgIpc) is 3.87. The molecule has 0 aliphatic heterocycles. The molecule has 0 radical (unpaired) electrons. The van der Waals surface area contributed by atoms with E-state index in [1.54, 1.807) is 11.3 Å². The summed E-state index contributed by atoms with van der Waals surface area (Å²) in [5.74, 6) is 0.690. The summed E-state index contributed by atoms with van der Waals surface area (Å²) in [6.07, 6.45) is 0. The van der Waals surface area contributed by atoms with Crippen LogP contribution in [0.5, 0.6) is 0 Å². The van der Waals surface area contributed by atoms with Gasteiger partial charge in [-0.2, -0.15) is 0 Å². The van der Waals surface area contributed by atoms with Crippen molar-refractivity contribution in [2.24, 2.45) is 0 Å². The molecule has 0 bridgehead atoms. The van der Waals surface area contributed by atoms with Gasteiger partial charge in [-0.25, -0.2) is 9.97 Å². The summed E-state index contributed by atoms with van der Waals surface area (Å²) in [6.45, 7) is 0. The normalized spacial score (nSPS) is 12.3. The maximum absolute atomic E-state index is 5.58. The zero-order valence-corrected chi connectivity index (χ0v) is 28.7. The van der Waals surface area contributed by atoms with Gasteiger partial charge in [-0.15, -0.1) is 22.7 Å². The molecule has 12 rings (SSSR count). The van der Waals surface area contributed by atoms with E-state index in [9.17, 15) is 0 Å². The summed E-state index contributed by atoms with van der Waals surface area (Å²) in [6, 6.07) is 55.0. The number of hydrogen-bond acceptors (Lipinski definition) is 4. The number of hydrogen-bond donors (Lipinski definition) is 0. The van der Waals surface area contributed by atoms with Crippen LogP contribution >= 0.6 is 22.7 Å². The van der Waals surface area contributed by atoms with Crippen molar-refractivity contribution >= 4 is 117 Å². The second kappa shape index (κ2) is 10.2. The van der Waals surface area contributed by atoms with Crippen LogP contribution in [0.4, 0.5) is 0 Å². The molecule has 0 saturated heterocycles. The van der Waals surface area contributed by atoms with Gasteiger partial charge in [-0.05, 0) is 45.8 Å². The van der Waals surface area contributed by atoms with Crippen LogP contribution in [-0.4, -0.2) is 14.5 Å². The molecule has 4 aromatic heterocycles. The molecule has 5 heteroatoms. The van der Waals surface area contributed by atoms with Crippen LogP contribution in [0.2, 0.25) is 0 Å². The van der Waals surface area contributed by atoms with Crippen molar-refractivity contribution in [2.75, 3.05) is 0 Å². The highest BCUT2D eigenvalue weighted by Crippen LogP contribution is 2.48. The Morgan fingerprint density at radius 1 is 0.431 bits per heavy atom. The largest absolute Gasteiger partial charge is 0.277 e. The number of fused-ring (bicyclic) bond motifs is 16. The van der Waals surface area contributed by atoms with E-state index in [0.29, 0.717) is 5.95 Å². The van der Waals surface area contributed by atoms with E-state index in [1.165, 1.54) is 68.0 Å². The molecule has 0 N–H and O–H groups in total. The van der Waals surface area contributed by atoms with Crippen LogP contribution in [0.25, 0.3) is 112 Å². The number of rotatable bonds is 2. The maximum atomic E-state index is 5.58. The number of thiophene rings is 2. The van der Waals surface area contributed by atoms with Crippen LogP contribution in [-0.2, 0) is 0 Å². The number of aromatic nitrogens is 3. The Hall–Kier alpha value is -6.14. The molecule has 236 valence electrons. The summed E-state index contributed by atoms with van der Waals surface area (Å²) in [5, 5.41) is 13.7. The quantitative estimate of drug-likeness (QED) is 0.170. The first-order chi connectivity index (χ1) is 25.3. The molecule has 0 fully saturated rings. The Labute approximate surface area is 299 Å². The fourth-order valence-corrected chi connectivity index (χ4v) is 10.8. The van der Waals surface area contributed by atoms with Crippen molar-refractivity contribution < 1.29 is 0 Å². The Kier molecular flexibility index (Phi) is 5.53. The fraction of sp³-hybridized carbons (Fsp3) is 0.